The molecule has 1 aromatic carbocycles. The molecule has 2 N–H and O–H groups in total. The Morgan fingerprint density at radius 3 is 2.95 bits per heavy atom. The van der Waals surface area contributed by atoms with Crippen molar-refractivity contribution in [1.29, 1.82) is 0 Å². The first kappa shape index (κ1) is 14.7. The topological polar surface area (TPSA) is 64.8 Å². The number of methoxy groups -OCH3 is 2. The molecule has 0 spiro atoms. The molecule has 1 saturated heterocycles. The number of carbonyl (C=O) groups excluding carboxylic acids is 1. The lowest BCUT2D eigenvalue weighted by atomic mass is 9.97. The van der Waals surface area contributed by atoms with Crippen LogP contribution in [-0.2, 0) is 9.47 Å². The minimum Gasteiger partial charge on any atom is -0.465 e. The predicted molar refractivity (Wildman–Crippen MR) is 79.0 cm³/mol. The summed E-state index contributed by atoms with van der Waals surface area (Å²) in [6.45, 7) is 2.58. The first-order chi connectivity index (χ1) is 9.65. The van der Waals surface area contributed by atoms with Crippen LogP contribution in [0.2, 0.25) is 0 Å². The Morgan fingerprint density at radius 1 is 1.45 bits per heavy atom. The molecule has 1 heterocycles. The molecular formula is C15H22N2O3. The Labute approximate surface area is 119 Å². The minimum absolute atomic E-state index is 0.346. The second kappa shape index (κ2) is 6.61. The van der Waals surface area contributed by atoms with Crippen LogP contribution >= 0.6 is 0 Å². The van der Waals surface area contributed by atoms with Crippen LogP contribution < -0.4 is 10.6 Å². The average Bonchev–Trinajstić information content (AvgIpc) is 2.47. The van der Waals surface area contributed by atoms with Gasteiger partial charge in [-0.25, -0.2) is 4.79 Å². The van der Waals surface area contributed by atoms with Gasteiger partial charge in [-0.3, -0.25) is 0 Å². The quantitative estimate of drug-likeness (QED) is 0.673. The average molecular weight is 278 g/mol. The van der Waals surface area contributed by atoms with Crippen molar-refractivity contribution in [2.75, 3.05) is 44.5 Å². The van der Waals surface area contributed by atoms with E-state index >= 15 is 0 Å². The van der Waals surface area contributed by atoms with E-state index in [0.717, 1.165) is 38.2 Å². The van der Waals surface area contributed by atoms with Gasteiger partial charge in [-0.2, -0.15) is 0 Å². The number of nitrogen functional groups attached to an aromatic ring is 1. The van der Waals surface area contributed by atoms with E-state index in [1.54, 1.807) is 13.2 Å². The van der Waals surface area contributed by atoms with E-state index in [2.05, 4.69) is 4.90 Å². The number of anilines is 2. The molecule has 1 aliphatic rings. The van der Waals surface area contributed by atoms with Crippen molar-refractivity contribution >= 4 is 17.3 Å². The molecule has 1 atom stereocenters. The second-order valence-electron chi connectivity index (χ2n) is 5.18. The highest BCUT2D eigenvalue weighted by Crippen LogP contribution is 2.28. The van der Waals surface area contributed by atoms with Crippen molar-refractivity contribution in [3.63, 3.8) is 0 Å². The number of esters is 1. The third-order valence-corrected chi connectivity index (χ3v) is 3.69. The third kappa shape index (κ3) is 3.22. The molecule has 110 valence electrons. The van der Waals surface area contributed by atoms with Gasteiger partial charge in [-0.15, -0.1) is 0 Å². The zero-order valence-electron chi connectivity index (χ0n) is 12.1. The highest BCUT2D eigenvalue weighted by atomic mass is 16.5. The number of piperidine rings is 1. The summed E-state index contributed by atoms with van der Waals surface area (Å²) in [5.41, 5.74) is 7.78. The van der Waals surface area contributed by atoms with Gasteiger partial charge in [0.25, 0.3) is 0 Å². The maximum atomic E-state index is 11.9. The largest absolute Gasteiger partial charge is 0.465 e. The van der Waals surface area contributed by atoms with E-state index in [-0.39, 0.29) is 5.97 Å². The molecule has 1 fully saturated rings. The van der Waals surface area contributed by atoms with Crippen molar-refractivity contribution in [3.05, 3.63) is 23.8 Å². The molecule has 1 aliphatic heterocycles. The van der Waals surface area contributed by atoms with Crippen LogP contribution in [0.15, 0.2) is 18.2 Å². The van der Waals surface area contributed by atoms with Gasteiger partial charge in [0, 0.05) is 25.9 Å². The molecule has 1 aromatic rings. The summed E-state index contributed by atoms with van der Waals surface area (Å²) in [7, 11) is 3.11. The van der Waals surface area contributed by atoms with E-state index in [1.807, 2.05) is 12.1 Å². The fraction of sp³-hybridized carbons (Fsp3) is 0.533. The number of ether oxygens (including phenoxy) is 2. The first-order valence-corrected chi connectivity index (χ1v) is 6.87. The SMILES string of the molecule is COCC1CCCN(c2ccc(N)cc2C(=O)OC)C1. The third-order valence-electron chi connectivity index (χ3n) is 3.69. The standard InChI is InChI=1S/C15H22N2O3/c1-19-10-11-4-3-7-17(9-11)14-6-5-12(16)8-13(14)15(18)20-2/h5-6,8,11H,3-4,7,9-10,16H2,1-2H3. The Balaban J connectivity index is 2.25. The lowest BCUT2D eigenvalue weighted by molar-refractivity contribution is 0.0601. The van der Waals surface area contributed by atoms with Gasteiger partial charge in [0.05, 0.1) is 25.0 Å². The summed E-state index contributed by atoms with van der Waals surface area (Å²) in [5, 5.41) is 0. The predicted octanol–water partition coefficient (Wildman–Crippen LogP) is 1.92. The molecule has 0 saturated carbocycles. The lowest BCUT2D eigenvalue weighted by Gasteiger charge is -2.35. The van der Waals surface area contributed by atoms with Crippen molar-refractivity contribution in [2.45, 2.75) is 12.8 Å². The molecule has 0 radical (unpaired) electrons. The maximum Gasteiger partial charge on any atom is 0.340 e. The Kier molecular flexibility index (Phi) is 4.84. The molecule has 2 rings (SSSR count). The summed E-state index contributed by atoms with van der Waals surface area (Å²) >= 11 is 0. The number of nitrogens with two attached hydrogens (primary N) is 1. The lowest BCUT2D eigenvalue weighted by Crippen LogP contribution is -2.38. The first-order valence-electron chi connectivity index (χ1n) is 6.87. The number of benzene rings is 1. The molecular weight excluding hydrogens is 256 g/mol. The molecule has 5 nitrogen and oxygen atoms in total. The highest BCUT2D eigenvalue weighted by molar-refractivity contribution is 5.97. The van der Waals surface area contributed by atoms with Crippen molar-refractivity contribution < 1.29 is 14.3 Å². The minimum atomic E-state index is -0.346. The Morgan fingerprint density at radius 2 is 2.25 bits per heavy atom. The molecule has 1 unspecified atom stereocenters. The summed E-state index contributed by atoms with van der Waals surface area (Å²) in [6.07, 6.45) is 2.26. The normalized spacial score (nSPS) is 18.9. The Bertz CT molecular complexity index is 474. The van der Waals surface area contributed by atoms with Gasteiger partial charge >= 0.3 is 5.97 Å². The zero-order chi connectivity index (χ0) is 14.5. The fourth-order valence-corrected chi connectivity index (χ4v) is 2.76. The van der Waals surface area contributed by atoms with Crippen molar-refractivity contribution in [2.24, 2.45) is 5.92 Å². The van der Waals surface area contributed by atoms with Gasteiger partial charge in [-0.05, 0) is 37.0 Å². The van der Waals surface area contributed by atoms with Gasteiger partial charge in [-0.1, -0.05) is 0 Å². The van der Waals surface area contributed by atoms with Crippen LogP contribution in [0.3, 0.4) is 0 Å². The summed E-state index contributed by atoms with van der Waals surface area (Å²) in [6, 6.07) is 5.40. The number of hydrogen-bond donors (Lipinski definition) is 1. The van der Waals surface area contributed by atoms with Crippen molar-refractivity contribution in [3.8, 4) is 0 Å². The molecule has 0 aromatic heterocycles. The highest BCUT2D eigenvalue weighted by Gasteiger charge is 2.24. The molecule has 5 heteroatoms. The fourth-order valence-electron chi connectivity index (χ4n) is 2.76. The van der Waals surface area contributed by atoms with Crippen LogP contribution in [0.4, 0.5) is 11.4 Å². The van der Waals surface area contributed by atoms with Crippen LogP contribution in [0.25, 0.3) is 0 Å². The summed E-state index contributed by atoms with van der Waals surface area (Å²) in [5.74, 6) is 0.151. The van der Waals surface area contributed by atoms with Crippen LogP contribution in [0.5, 0.6) is 0 Å². The van der Waals surface area contributed by atoms with Gasteiger partial charge < -0.3 is 20.1 Å². The van der Waals surface area contributed by atoms with Crippen LogP contribution in [0, 0.1) is 5.92 Å². The second-order valence-corrected chi connectivity index (χ2v) is 5.18. The smallest absolute Gasteiger partial charge is 0.340 e. The van der Waals surface area contributed by atoms with Crippen LogP contribution in [-0.4, -0.2) is 39.9 Å². The summed E-state index contributed by atoms with van der Waals surface area (Å²) in [4.78, 5) is 14.1. The molecule has 20 heavy (non-hydrogen) atoms. The monoisotopic (exact) mass is 278 g/mol. The van der Waals surface area contributed by atoms with E-state index in [4.69, 9.17) is 15.2 Å². The van der Waals surface area contributed by atoms with E-state index in [9.17, 15) is 4.79 Å². The maximum absolute atomic E-state index is 11.9. The Hall–Kier alpha value is -1.75. The van der Waals surface area contributed by atoms with E-state index < -0.39 is 0 Å². The van der Waals surface area contributed by atoms with E-state index in [0.29, 0.717) is 17.2 Å². The summed E-state index contributed by atoms with van der Waals surface area (Å²) < 4.78 is 10.1. The van der Waals surface area contributed by atoms with Crippen molar-refractivity contribution in [1.82, 2.24) is 0 Å². The number of nitrogens with zero attached hydrogens (tertiary/aromatic N) is 1. The molecule has 0 aliphatic carbocycles. The van der Waals surface area contributed by atoms with Gasteiger partial charge in [0.1, 0.15) is 0 Å². The molecule has 0 amide bonds. The van der Waals surface area contributed by atoms with Gasteiger partial charge in [0.15, 0.2) is 0 Å². The number of carbonyl (C=O) groups is 1. The van der Waals surface area contributed by atoms with E-state index in [1.165, 1.54) is 7.11 Å². The number of rotatable bonds is 4. The zero-order valence-corrected chi connectivity index (χ0v) is 12.1. The van der Waals surface area contributed by atoms with Gasteiger partial charge in [0.2, 0.25) is 0 Å². The van der Waals surface area contributed by atoms with Crippen LogP contribution in [0.1, 0.15) is 23.2 Å². The molecule has 0 bridgehead atoms. The number of hydrogen-bond acceptors (Lipinski definition) is 5.